The summed E-state index contributed by atoms with van der Waals surface area (Å²) in [6, 6.07) is 13.8. The third-order valence-corrected chi connectivity index (χ3v) is 4.99. The van der Waals surface area contributed by atoms with Gasteiger partial charge in [-0.05, 0) is 25.3 Å². The van der Waals surface area contributed by atoms with E-state index in [9.17, 15) is 8.42 Å². The molecular weight excluding hydrogens is 368 g/mol. The molecule has 1 heterocycles. The maximum atomic E-state index is 12.7. The van der Waals surface area contributed by atoms with E-state index >= 15 is 0 Å². The van der Waals surface area contributed by atoms with Crippen molar-refractivity contribution in [3.05, 3.63) is 54.4 Å². The van der Waals surface area contributed by atoms with Crippen molar-refractivity contribution in [3.63, 3.8) is 0 Å². The molecule has 142 valence electrons. The van der Waals surface area contributed by atoms with Crippen LogP contribution in [0, 0.1) is 0 Å². The van der Waals surface area contributed by atoms with Gasteiger partial charge in [-0.25, -0.2) is 0 Å². The highest BCUT2D eigenvalue weighted by Gasteiger charge is 2.19. The second-order valence-corrected chi connectivity index (χ2v) is 7.10. The molecule has 0 amide bonds. The number of fused-ring (bicyclic) bond motifs is 1. The lowest BCUT2D eigenvalue weighted by Crippen LogP contribution is -2.10. The molecule has 0 radical (unpaired) electrons. The van der Waals surface area contributed by atoms with Crippen molar-refractivity contribution in [2.45, 2.75) is 25.3 Å². The number of hydrogen-bond acceptors (Lipinski definition) is 7. The predicted molar refractivity (Wildman–Crippen MR) is 100 cm³/mol. The van der Waals surface area contributed by atoms with Crippen LogP contribution in [-0.2, 0) is 20.9 Å². The van der Waals surface area contributed by atoms with Crippen molar-refractivity contribution in [3.8, 4) is 11.8 Å². The largest absolute Gasteiger partial charge is 0.478 e. The SMILES string of the molecule is CCOc1cc(OCC)nc(COS(=O)(=O)c2cccc3ccccc23)n1. The molecule has 7 nitrogen and oxygen atoms in total. The fourth-order valence-corrected chi connectivity index (χ4v) is 3.65. The number of nitrogens with zero attached hydrogens (tertiary/aromatic N) is 2. The summed E-state index contributed by atoms with van der Waals surface area (Å²) < 4.78 is 41.4. The van der Waals surface area contributed by atoms with Gasteiger partial charge in [0.25, 0.3) is 10.1 Å². The Hall–Kier alpha value is -2.71. The van der Waals surface area contributed by atoms with Crippen LogP contribution in [0.4, 0.5) is 0 Å². The van der Waals surface area contributed by atoms with Gasteiger partial charge in [-0.15, -0.1) is 0 Å². The lowest BCUT2D eigenvalue weighted by Gasteiger charge is -2.10. The van der Waals surface area contributed by atoms with Crippen LogP contribution in [0.5, 0.6) is 11.8 Å². The molecule has 0 saturated carbocycles. The molecule has 0 spiro atoms. The van der Waals surface area contributed by atoms with Crippen LogP contribution >= 0.6 is 0 Å². The summed E-state index contributed by atoms with van der Waals surface area (Å²) in [7, 11) is -4.00. The summed E-state index contributed by atoms with van der Waals surface area (Å²) in [5.74, 6) is 0.766. The fraction of sp³-hybridized carbons (Fsp3) is 0.263. The molecule has 27 heavy (non-hydrogen) atoms. The second-order valence-electron chi connectivity index (χ2n) is 5.52. The minimum absolute atomic E-state index is 0.103. The van der Waals surface area contributed by atoms with E-state index in [1.165, 1.54) is 6.07 Å². The Morgan fingerprint density at radius 1 is 0.889 bits per heavy atom. The first kappa shape index (κ1) is 19.1. The zero-order valence-corrected chi connectivity index (χ0v) is 15.9. The first-order valence-corrected chi connectivity index (χ1v) is 9.95. The molecule has 0 N–H and O–H groups in total. The molecule has 0 fully saturated rings. The minimum Gasteiger partial charge on any atom is -0.478 e. The Balaban J connectivity index is 1.86. The summed E-state index contributed by atoms with van der Waals surface area (Å²) in [6.45, 7) is 4.15. The summed E-state index contributed by atoms with van der Waals surface area (Å²) in [4.78, 5) is 8.43. The third-order valence-electron chi connectivity index (χ3n) is 3.67. The van der Waals surface area contributed by atoms with E-state index in [2.05, 4.69) is 9.97 Å². The molecule has 3 rings (SSSR count). The van der Waals surface area contributed by atoms with Crippen molar-refractivity contribution >= 4 is 20.9 Å². The van der Waals surface area contributed by atoms with Crippen molar-refractivity contribution in [1.29, 1.82) is 0 Å². The van der Waals surface area contributed by atoms with E-state index in [1.54, 1.807) is 24.3 Å². The van der Waals surface area contributed by atoms with Gasteiger partial charge in [-0.3, -0.25) is 4.18 Å². The average Bonchev–Trinajstić information content (AvgIpc) is 2.66. The number of hydrogen-bond donors (Lipinski definition) is 0. The number of benzene rings is 2. The average molecular weight is 388 g/mol. The van der Waals surface area contributed by atoms with E-state index in [4.69, 9.17) is 13.7 Å². The van der Waals surface area contributed by atoms with Crippen molar-refractivity contribution in [2.24, 2.45) is 0 Å². The molecule has 0 aliphatic rings. The topological polar surface area (TPSA) is 87.6 Å². The Morgan fingerprint density at radius 2 is 1.52 bits per heavy atom. The van der Waals surface area contributed by atoms with Crippen LogP contribution in [0.2, 0.25) is 0 Å². The number of aromatic nitrogens is 2. The van der Waals surface area contributed by atoms with Crippen LogP contribution in [0.15, 0.2) is 53.4 Å². The molecule has 0 bridgehead atoms. The second kappa shape index (κ2) is 8.32. The van der Waals surface area contributed by atoms with Crippen LogP contribution in [0.1, 0.15) is 19.7 Å². The highest BCUT2D eigenvalue weighted by atomic mass is 32.2. The molecule has 8 heteroatoms. The third kappa shape index (κ3) is 4.53. The van der Waals surface area contributed by atoms with Crippen LogP contribution in [0.3, 0.4) is 0 Å². The molecule has 0 saturated heterocycles. The molecule has 0 unspecified atom stereocenters. The molecule has 0 aliphatic heterocycles. The fourth-order valence-electron chi connectivity index (χ4n) is 2.57. The van der Waals surface area contributed by atoms with Crippen molar-refractivity contribution in [2.75, 3.05) is 13.2 Å². The van der Waals surface area contributed by atoms with Gasteiger partial charge in [-0.1, -0.05) is 36.4 Å². The van der Waals surface area contributed by atoms with Gasteiger partial charge in [0.2, 0.25) is 11.8 Å². The molecule has 2 aromatic carbocycles. The molecule has 0 atom stereocenters. The van der Waals surface area contributed by atoms with Gasteiger partial charge in [0.05, 0.1) is 19.3 Å². The lowest BCUT2D eigenvalue weighted by molar-refractivity contribution is 0.276. The molecule has 1 aromatic heterocycles. The summed E-state index contributed by atoms with van der Waals surface area (Å²) in [5.41, 5.74) is 0. The summed E-state index contributed by atoms with van der Waals surface area (Å²) in [6.07, 6.45) is 0. The Kier molecular flexibility index (Phi) is 5.88. The summed E-state index contributed by atoms with van der Waals surface area (Å²) >= 11 is 0. The van der Waals surface area contributed by atoms with Crippen molar-refractivity contribution in [1.82, 2.24) is 9.97 Å². The monoisotopic (exact) mass is 388 g/mol. The van der Waals surface area contributed by atoms with Gasteiger partial charge in [-0.2, -0.15) is 18.4 Å². The normalized spacial score (nSPS) is 11.5. The zero-order chi connectivity index (χ0) is 19.3. The highest BCUT2D eigenvalue weighted by molar-refractivity contribution is 7.87. The van der Waals surface area contributed by atoms with E-state index in [1.807, 2.05) is 32.0 Å². The van der Waals surface area contributed by atoms with Gasteiger partial charge in [0.1, 0.15) is 11.5 Å². The first-order valence-electron chi connectivity index (χ1n) is 8.54. The summed E-state index contributed by atoms with van der Waals surface area (Å²) in [5, 5.41) is 1.41. The maximum Gasteiger partial charge on any atom is 0.298 e. The van der Waals surface area contributed by atoms with Crippen LogP contribution < -0.4 is 9.47 Å². The Labute approximate surface area is 158 Å². The zero-order valence-electron chi connectivity index (χ0n) is 15.1. The molecular formula is C19H20N2O5S. The molecule has 3 aromatic rings. The van der Waals surface area contributed by atoms with E-state index < -0.39 is 10.1 Å². The quantitative estimate of drug-likeness (QED) is 0.547. The van der Waals surface area contributed by atoms with E-state index in [0.29, 0.717) is 30.4 Å². The Morgan fingerprint density at radius 3 is 2.19 bits per heavy atom. The smallest absolute Gasteiger partial charge is 0.298 e. The van der Waals surface area contributed by atoms with E-state index in [-0.39, 0.29) is 17.3 Å². The minimum atomic E-state index is -4.00. The number of rotatable bonds is 8. The van der Waals surface area contributed by atoms with Crippen molar-refractivity contribution < 1.29 is 22.1 Å². The van der Waals surface area contributed by atoms with Crippen LogP contribution in [-0.4, -0.2) is 31.6 Å². The van der Waals surface area contributed by atoms with E-state index in [0.717, 1.165) is 5.39 Å². The predicted octanol–water partition coefficient (Wildman–Crippen LogP) is 3.33. The lowest BCUT2D eigenvalue weighted by atomic mass is 10.1. The highest BCUT2D eigenvalue weighted by Crippen LogP contribution is 2.25. The van der Waals surface area contributed by atoms with Gasteiger partial charge < -0.3 is 9.47 Å². The van der Waals surface area contributed by atoms with Gasteiger partial charge in [0, 0.05) is 5.39 Å². The van der Waals surface area contributed by atoms with Gasteiger partial charge in [0.15, 0.2) is 5.82 Å². The standard InChI is InChI=1S/C19H20N2O5S/c1-3-24-18-12-19(25-4-2)21-17(20-18)13-26-27(22,23)16-11-7-9-14-8-5-6-10-15(14)16/h5-12H,3-4,13H2,1-2H3. The maximum absolute atomic E-state index is 12.7. The Bertz CT molecular complexity index is 1010. The van der Waals surface area contributed by atoms with Gasteiger partial charge >= 0.3 is 0 Å². The van der Waals surface area contributed by atoms with Crippen LogP contribution in [0.25, 0.3) is 10.8 Å². The molecule has 0 aliphatic carbocycles. The number of ether oxygens (including phenoxy) is 2. The first-order chi connectivity index (χ1) is 13.0.